The Balaban J connectivity index is 0.00000162. The van der Waals surface area contributed by atoms with E-state index in [0.717, 1.165) is 31.3 Å². The average molecular weight is 281 g/mol. The molecule has 1 saturated heterocycles. The van der Waals surface area contributed by atoms with Gasteiger partial charge in [0, 0.05) is 31.7 Å². The summed E-state index contributed by atoms with van der Waals surface area (Å²) in [6.45, 7) is 2.07. The quantitative estimate of drug-likeness (QED) is 0.914. The monoisotopic (exact) mass is 280 g/mol. The molecule has 0 radical (unpaired) electrons. The van der Waals surface area contributed by atoms with Gasteiger partial charge in [0.2, 0.25) is 0 Å². The summed E-state index contributed by atoms with van der Waals surface area (Å²) >= 11 is 0. The number of piperazine rings is 1. The molecule has 0 unspecified atom stereocenters. The Morgan fingerprint density at radius 1 is 1.22 bits per heavy atom. The molecule has 1 aliphatic rings. The SMILES string of the molecule is Cl.FC[C@@H](c1cc(F)ccc1F)N1CCNCC1. The van der Waals surface area contributed by atoms with E-state index in [2.05, 4.69) is 5.32 Å². The highest BCUT2D eigenvalue weighted by Crippen LogP contribution is 2.25. The second kappa shape index (κ2) is 6.97. The first-order chi connectivity index (χ1) is 8.22. The van der Waals surface area contributed by atoms with E-state index in [-0.39, 0.29) is 18.0 Å². The summed E-state index contributed by atoms with van der Waals surface area (Å²) in [5, 5.41) is 3.14. The van der Waals surface area contributed by atoms with Crippen LogP contribution in [0.15, 0.2) is 18.2 Å². The van der Waals surface area contributed by atoms with Crippen LogP contribution in [0.2, 0.25) is 0 Å². The van der Waals surface area contributed by atoms with E-state index in [1.165, 1.54) is 0 Å². The minimum absolute atomic E-state index is 0. The van der Waals surface area contributed by atoms with Crippen LogP contribution in [0.25, 0.3) is 0 Å². The Labute approximate surface area is 111 Å². The van der Waals surface area contributed by atoms with E-state index in [4.69, 9.17) is 0 Å². The number of alkyl halides is 1. The lowest BCUT2D eigenvalue weighted by molar-refractivity contribution is 0.144. The van der Waals surface area contributed by atoms with Crippen LogP contribution >= 0.6 is 12.4 Å². The molecule has 1 atom stereocenters. The molecule has 18 heavy (non-hydrogen) atoms. The van der Waals surface area contributed by atoms with Crippen LogP contribution in [-0.2, 0) is 0 Å². The summed E-state index contributed by atoms with van der Waals surface area (Å²) in [6, 6.07) is 2.50. The minimum Gasteiger partial charge on any atom is -0.314 e. The normalized spacial score (nSPS) is 18.2. The lowest BCUT2D eigenvalue weighted by Gasteiger charge is -2.33. The van der Waals surface area contributed by atoms with Crippen LogP contribution in [-0.4, -0.2) is 37.8 Å². The molecule has 0 aromatic heterocycles. The first-order valence-electron chi connectivity index (χ1n) is 5.68. The molecule has 1 N–H and O–H groups in total. The molecule has 0 aliphatic carbocycles. The maximum absolute atomic E-state index is 13.6. The van der Waals surface area contributed by atoms with Crippen LogP contribution in [0, 0.1) is 11.6 Å². The molecule has 1 aromatic rings. The van der Waals surface area contributed by atoms with Crippen LogP contribution < -0.4 is 5.32 Å². The molecular formula is C12H16ClF3N2. The second-order valence-electron chi connectivity index (χ2n) is 4.12. The van der Waals surface area contributed by atoms with Crippen LogP contribution in [0.1, 0.15) is 11.6 Å². The van der Waals surface area contributed by atoms with E-state index in [9.17, 15) is 13.2 Å². The molecule has 2 nitrogen and oxygen atoms in total. The van der Waals surface area contributed by atoms with Crippen molar-refractivity contribution in [3.05, 3.63) is 35.4 Å². The van der Waals surface area contributed by atoms with Crippen molar-refractivity contribution in [1.29, 1.82) is 0 Å². The third-order valence-corrected chi connectivity index (χ3v) is 3.06. The fraction of sp³-hybridized carbons (Fsp3) is 0.500. The maximum Gasteiger partial charge on any atom is 0.128 e. The highest BCUT2D eigenvalue weighted by atomic mass is 35.5. The largest absolute Gasteiger partial charge is 0.314 e. The molecule has 0 bridgehead atoms. The number of halogens is 4. The van der Waals surface area contributed by atoms with Crippen molar-refractivity contribution in [2.45, 2.75) is 6.04 Å². The first-order valence-corrected chi connectivity index (χ1v) is 5.68. The van der Waals surface area contributed by atoms with E-state index in [1.807, 2.05) is 4.90 Å². The number of hydrogen-bond donors (Lipinski definition) is 1. The van der Waals surface area contributed by atoms with E-state index in [1.54, 1.807) is 0 Å². The van der Waals surface area contributed by atoms with E-state index < -0.39 is 24.4 Å². The average Bonchev–Trinajstić information content (AvgIpc) is 2.36. The Hall–Kier alpha value is -0.780. The molecule has 0 spiro atoms. The zero-order chi connectivity index (χ0) is 12.3. The van der Waals surface area contributed by atoms with Crippen LogP contribution in [0.3, 0.4) is 0 Å². The summed E-state index contributed by atoms with van der Waals surface area (Å²) in [5.74, 6) is -1.08. The lowest BCUT2D eigenvalue weighted by atomic mass is 10.0. The maximum atomic E-state index is 13.6. The Kier molecular flexibility index (Phi) is 5.91. The predicted molar refractivity (Wildman–Crippen MR) is 66.8 cm³/mol. The zero-order valence-corrected chi connectivity index (χ0v) is 10.7. The summed E-state index contributed by atoms with van der Waals surface area (Å²) in [6.07, 6.45) is 0. The van der Waals surface area contributed by atoms with Crippen molar-refractivity contribution in [3.8, 4) is 0 Å². The number of nitrogens with zero attached hydrogens (tertiary/aromatic N) is 1. The summed E-state index contributed by atoms with van der Waals surface area (Å²) in [5.41, 5.74) is 0.106. The minimum atomic E-state index is -0.708. The predicted octanol–water partition coefficient (Wildman–Crippen LogP) is 2.30. The van der Waals surface area contributed by atoms with Gasteiger partial charge in [0.05, 0.1) is 6.04 Å². The van der Waals surface area contributed by atoms with Gasteiger partial charge in [-0.15, -0.1) is 12.4 Å². The fourth-order valence-electron chi connectivity index (χ4n) is 2.14. The molecule has 0 amide bonds. The zero-order valence-electron chi connectivity index (χ0n) is 9.83. The van der Waals surface area contributed by atoms with Crippen molar-refractivity contribution in [3.63, 3.8) is 0 Å². The second-order valence-corrected chi connectivity index (χ2v) is 4.12. The van der Waals surface area contributed by atoms with E-state index in [0.29, 0.717) is 13.1 Å². The first kappa shape index (κ1) is 15.3. The van der Waals surface area contributed by atoms with Gasteiger partial charge in [0.1, 0.15) is 18.3 Å². The van der Waals surface area contributed by atoms with E-state index >= 15 is 0 Å². The molecule has 1 aromatic carbocycles. The molecule has 1 fully saturated rings. The Bertz CT molecular complexity index is 384. The number of rotatable bonds is 3. The molecule has 102 valence electrons. The van der Waals surface area contributed by atoms with Crippen molar-refractivity contribution in [2.24, 2.45) is 0 Å². The van der Waals surface area contributed by atoms with Crippen molar-refractivity contribution < 1.29 is 13.2 Å². The third-order valence-electron chi connectivity index (χ3n) is 3.06. The smallest absolute Gasteiger partial charge is 0.128 e. The van der Waals surface area contributed by atoms with Gasteiger partial charge in [-0.1, -0.05) is 0 Å². The van der Waals surface area contributed by atoms with Gasteiger partial charge in [-0.2, -0.15) is 0 Å². The van der Waals surface area contributed by atoms with Gasteiger partial charge in [0.25, 0.3) is 0 Å². The van der Waals surface area contributed by atoms with Gasteiger partial charge in [-0.3, -0.25) is 4.90 Å². The molecule has 1 heterocycles. The topological polar surface area (TPSA) is 15.3 Å². The third kappa shape index (κ3) is 3.37. The van der Waals surface area contributed by atoms with Gasteiger partial charge < -0.3 is 5.32 Å². The molecule has 6 heteroatoms. The standard InChI is InChI=1S/C12H15F3N2.ClH/c13-8-12(17-5-3-16-4-6-17)10-7-9(14)1-2-11(10)15;/h1-2,7,12,16H,3-6,8H2;1H/t12-;/m0./s1. The van der Waals surface area contributed by atoms with Gasteiger partial charge in [-0.05, 0) is 18.2 Å². The van der Waals surface area contributed by atoms with Crippen molar-refractivity contribution >= 4 is 12.4 Å². The van der Waals surface area contributed by atoms with Crippen LogP contribution in [0.5, 0.6) is 0 Å². The van der Waals surface area contributed by atoms with Gasteiger partial charge in [0.15, 0.2) is 0 Å². The van der Waals surface area contributed by atoms with Gasteiger partial charge >= 0.3 is 0 Å². The lowest BCUT2D eigenvalue weighted by Crippen LogP contribution is -2.45. The summed E-state index contributed by atoms with van der Waals surface area (Å²) < 4.78 is 39.8. The number of hydrogen-bond acceptors (Lipinski definition) is 2. The van der Waals surface area contributed by atoms with Crippen molar-refractivity contribution in [1.82, 2.24) is 10.2 Å². The Morgan fingerprint density at radius 3 is 2.50 bits per heavy atom. The highest BCUT2D eigenvalue weighted by Gasteiger charge is 2.24. The summed E-state index contributed by atoms with van der Waals surface area (Å²) in [7, 11) is 0. The summed E-state index contributed by atoms with van der Waals surface area (Å²) in [4.78, 5) is 1.84. The molecular weight excluding hydrogens is 265 g/mol. The van der Waals surface area contributed by atoms with Gasteiger partial charge in [-0.25, -0.2) is 13.2 Å². The number of benzene rings is 1. The van der Waals surface area contributed by atoms with Crippen molar-refractivity contribution in [2.75, 3.05) is 32.9 Å². The highest BCUT2D eigenvalue weighted by molar-refractivity contribution is 5.85. The Morgan fingerprint density at radius 2 is 1.89 bits per heavy atom. The fourth-order valence-corrected chi connectivity index (χ4v) is 2.14. The van der Waals surface area contributed by atoms with Crippen LogP contribution in [0.4, 0.5) is 13.2 Å². The molecule has 2 rings (SSSR count). The number of nitrogens with one attached hydrogen (secondary N) is 1. The molecule has 1 aliphatic heterocycles. The molecule has 0 saturated carbocycles.